The predicted octanol–water partition coefficient (Wildman–Crippen LogP) is 14.8. The third-order valence-corrected chi connectivity index (χ3v) is 15.9. The minimum atomic E-state index is -1.05. The van der Waals surface area contributed by atoms with Crippen molar-refractivity contribution in [1.82, 2.24) is 0 Å². The van der Waals surface area contributed by atoms with Gasteiger partial charge < -0.3 is 52.8 Å². The first-order chi connectivity index (χ1) is 43.9. The maximum atomic E-state index is 11.8. The van der Waals surface area contributed by atoms with Crippen molar-refractivity contribution in [2.45, 2.75) is 296 Å². The topological polar surface area (TPSA) is 311 Å². The van der Waals surface area contributed by atoms with Crippen LogP contribution in [0.1, 0.15) is 296 Å². The standard InChI is InChI=1S/2C24H44O6.C12H20O6.C11H20O4/c2*1-6-9-14-20(7-2)19-30-22(26)15-11-10-12-17-28-21(25)16-13-18-29-23(27)24(4,5)8-3;1-4-12(2,3)11(16)18-8-7-17-10(15)6-5-9(13)14;1-3-9(2)11(14)15-8-6-4-5-7-10(12)13/h2*20H,6-19H2,1-5H3;4-8H2,1-3H3,(H,13,14);9H,3-8H2,1-2H3,(H,12,13). The number of esters is 9. The van der Waals surface area contributed by atoms with Crippen LogP contribution in [-0.2, 0) is 95.4 Å². The van der Waals surface area contributed by atoms with Gasteiger partial charge in [0.25, 0.3) is 0 Å². The molecule has 0 radical (unpaired) electrons. The van der Waals surface area contributed by atoms with E-state index in [9.17, 15) is 52.7 Å². The second kappa shape index (κ2) is 59.9. The first kappa shape index (κ1) is 93.6. The van der Waals surface area contributed by atoms with Crippen molar-refractivity contribution in [3.05, 3.63) is 0 Å². The Morgan fingerprint density at radius 3 is 0.957 bits per heavy atom. The minimum Gasteiger partial charge on any atom is -0.481 e. The van der Waals surface area contributed by atoms with Gasteiger partial charge in [0, 0.05) is 32.1 Å². The molecule has 0 spiro atoms. The molecule has 3 atom stereocenters. The molecule has 2 N–H and O–H groups in total. The zero-order valence-electron chi connectivity index (χ0n) is 60.4. The van der Waals surface area contributed by atoms with E-state index in [0.717, 1.165) is 83.5 Å². The summed E-state index contributed by atoms with van der Waals surface area (Å²) >= 11 is 0. The summed E-state index contributed by atoms with van der Waals surface area (Å²) in [6, 6.07) is 0. The van der Waals surface area contributed by atoms with E-state index in [2.05, 4.69) is 27.7 Å². The Labute approximate surface area is 559 Å². The van der Waals surface area contributed by atoms with Crippen molar-refractivity contribution in [2.24, 2.45) is 34.0 Å². The lowest BCUT2D eigenvalue weighted by molar-refractivity contribution is -0.159. The van der Waals surface area contributed by atoms with E-state index >= 15 is 0 Å². The van der Waals surface area contributed by atoms with Crippen LogP contribution < -0.4 is 0 Å². The molecule has 0 aromatic heterocycles. The van der Waals surface area contributed by atoms with Crippen molar-refractivity contribution in [1.29, 1.82) is 0 Å². The Kier molecular flexibility index (Phi) is 60.2. The number of unbranched alkanes of at least 4 members (excludes halogenated alkanes) is 8. The zero-order chi connectivity index (χ0) is 71.5. The minimum absolute atomic E-state index is 0.0128. The molecule has 0 rings (SSSR count). The molecule has 0 bridgehead atoms. The van der Waals surface area contributed by atoms with E-state index < -0.39 is 34.2 Å². The highest BCUT2D eigenvalue weighted by Crippen LogP contribution is 2.24. The fourth-order valence-corrected chi connectivity index (χ4v) is 7.36. The van der Waals surface area contributed by atoms with E-state index in [0.29, 0.717) is 96.2 Å². The molecule has 0 saturated heterocycles. The van der Waals surface area contributed by atoms with Crippen LogP contribution in [0.3, 0.4) is 0 Å². The Bertz CT molecular complexity index is 1940. The van der Waals surface area contributed by atoms with Crippen molar-refractivity contribution < 1.29 is 106 Å². The molecule has 0 aliphatic heterocycles. The first-order valence-corrected chi connectivity index (χ1v) is 34.8. The van der Waals surface area contributed by atoms with Gasteiger partial charge in [0.1, 0.15) is 13.2 Å². The number of aliphatic carboxylic acids is 2. The van der Waals surface area contributed by atoms with Gasteiger partial charge in [-0.3, -0.25) is 52.7 Å². The molecule has 0 amide bonds. The number of carboxylic acid groups (broad SMARTS) is 2. The van der Waals surface area contributed by atoms with E-state index in [-0.39, 0.29) is 112 Å². The van der Waals surface area contributed by atoms with Crippen LogP contribution in [-0.4, -0.2) is 135 Å². The van der Waals surface area contributed by atoms with E-state index in [1.165, 1.54) is 25.7 Å². The average Bonchev–Trinajstić information content (AvgIpc) is 3.39. The second-order valence-electron chi connectivity index (χ2n) is 25.4. The SMILES string of the molecule is CCC(C)(C)C(=O)OCCOC(=O)CCC(=O)O.CCC(C)C(=O)OCCCCCC(=O)O.CCCCC(CC)COC(=O)CCCCCOC(=O)CCCOC(=O)C(C)(C)CC.CCCCC(CC)COC(=O)CCCCCOC(=O)CCCOC(=O)C(C)(C)CC. The van der Waals surface area contributed by atoms with Gasteiger partial charge in [-0.25, -0.2) is 0 Å². The largest absolute Gasteiger partial charge is 0.481 e. The lowest BCUT2D eigenvalue weighted by Crippen LogP contribution is -2.27. The molecule has 0 aromatic carbocycles. The van der Waals surface area contributed by atoms with E-state index in [4.69, 9.17) is 52.8 Å². The van der Waals surface area contributed by atoms with Crippen LogP contribution in [0.15, 0.2) is 0 Å². The highest BCUT2D eigenvalue weighted by molar-refractivity contribution is 5.78. The normalized spacial score (nSPS) is 12.0. The highest BCUT2D eigenvalue weighted by atomic mass is 16.6. The lowest BCUT2D eigenvalue weighted by Gasteiger charge is -2.20. The molecule has 22 nitrogen and oxygen atoms in total. The Balaban J connectivity index is -0.000000590. The maximum absolute atomic E-state index is 11.8. The first-order valence-electron chi connectivity index (χ1n) is 34.8. The van der Waals surface area contributed by atoms with E-state index in [1.54, 1.807) is 13.8 Å². The third-order valence-electron chi connectivity index (χ3n) is 15.9. The molecule has 0 fully saturated rings. The van der Waals surface area contributed by atoms with Crippen molar-refractivity contribution in [3.8, 4) is 0 Å². The number of carbonyl (C=O) groups is 11. The summed E-state index contributed by atoms with van der Waals surface area (Å²) in [5, 5.41) is 16.7. The highest BCUT2D eigenvalue weighted by Gasteiger charge is 2.29. The maximum Gasteiger partial charge on any atom is 0.311 e. The molecule has 544 valence electrons. The van der Waals surface area contributed by atoms with E-state index in [1.807, 2.05) is 62.3 Å². The Morgan fingerprint density at radius 1 is 0.312 bits per heavy atom. The van der Waals surface area contributed by atoms with Gasteiger partial charge in [-0.1, -0.05) is 101 Å². The Hall–Kier alpha value is -5.83. The van der Waals surface area contributed by atoms with Gasteiger partial charge in [0.15, 0.2) is 0 Å². The number of rotatable bonds is 52. The predicted molar refractivity (Wildman–Crippen MR) is 355 cm³/mol. The summed E-state index contributed by atoms with van der Waals surface area (Å²) in [5.74, 6) is -3.33. The monoisotopic (exact) mass is 1330 g/mol. The second-order valence-corrected chi connectivity index (χ2v) is 25.4. The molecule has 22 heteroatoms. The molecular weight excluding hydrogens is 1200 g/mol. The molecule has 0 saturated carbocycles. The van der Waals surface area contributed by atoms with Crippen molar-refractivity contribution in [2.75, 3.05) is 59.5 Å². The number of ether oxygens (including phenoxy) is 9. The van der Waals surface area contributed by atoms with Gasteiger partial charge >= 0.3 is 65.7 Å². The van der Waals surface area contributed by atoms with Crippen LogP contribution >= 0.6 is 0 Å². The molecule has 3 unspecified atom stereocenters. The molecule has 0 aliphatic rings. The summed E-state index contributed by atoms with van der Waals surface area (Å²) in [6.07, 6.45) is 20.6. The molecule has 0 aromatic rings. The number of hydrogen-bond donors (Lipinski definition) is 2. The number of hydrogen-bond acceptors (Lipinski definition) is 20. The summed E-state index contributed by atoms with van der Waals surface area (Å²) in [7, 11) is 0. The van der Waals surface area contributed by atoms with Crippen LogP contribution in [0, 0.1) is 34.0 Å². The lowest BCUT2D eigenvalue weighted by atomic mass is 9.91. The van der Waals surface area contributed by atoms with Crippen LogP contribution in [0.5, 0.6) is 0 Å². The molecule has 0 heterocycles. The number of carboxylic acids is 2. The summed E-state index contributed by atoms with van der Waals surface area (Å²) in [5.41, 5.74) is -1.52. The zero-order valence-corrected chi connectivity index (χ0v) is 60.4. The fourth-order valence-electron chi connectivity index (χ4n) is 7.36. The van der Waals surface area contributed by atoms with Gasteiger partial charge in [0.05, 0.1) is 81.3 Å². The van der Waals surface area contributed by atoms with Crippen LogP contribution in [0.25, 0.3) is 0 Å². The quantitative estimate of drug-likeness (QED) is 0.0325. The average molecular weight is 1330 g/mol. The van der Waals surface area contributed by atoms with Gasteiger partial charge in [-0.05, 0) is 163 Å². The van der Waals surface area contributed by atoms with Gasteiger partial charge in [-0.2, -0.15) is 0 Å². The van der Waals surface area contributed by atoms with Gasteiger partial charge in [-0.15, -0.1) is 0 Å². The molecule has 93 heavy (non-hydrogen) atoms. The molecular formula is C71H128O22. The Morgan fingerprint density at radius 2 is 0.613 bits per heavy atom. The summed E-state index contributed by atoms with van der Waals surface area (Å²) < 4.78 is 46.2. The van der Waals surface area contributed by atoms with Crippen LogP contribution in [0.2, 0.25) is 0 Å². The van der Waals surface area contributed by atoms with Crippen LogP contribution in [0.4, 0.5) is 0 Å². The smallest absolute Gasteiger partial charge is 0.311 e. The molecule has 0 aliphatic carbocycles. The van der Waals surface area contributed by atoms with Crippen molar-refractivity contribution >= 4 is 65.7 Å². The third kappa shape index (κ3) is 58.5. The van der Waals surface area contributed by atoms with Crippen molar-refractivity contribution in [3.63, 3.8) is 0 Å². The summed E-state index contributed by atoms with van der Waals surface area (Å²) in [6.45, 7) is 31.6. The number of carbonyl (C=O) groups excluding carboxylic acids is 9. The fraction of sp³-hybridized carbons (Fsp3) is 0.845. The summed E-state index contributed by atoms with van der Waals surface area (Å²) in [4.78, 5) is 125. The van der Waals surface area contributed by atoms with Gasteiger partial charge in [0.2, 0.25) is 0 Å².